The highest BCUT2D eigenvalue weighted by molar-refractivity contribution is 5.94. The predicted octanol–water partition coefficient (Wildman–Crippen LogP) is 3.33. The Labute approximate surface area is 212 Å². The monoisotopic (exact) mass is 506 g/mol. The van der Waals surface area contributed by atoms with Crippen LogP contribution in [0.5, 0.6) is 0 Å². The molecule has 0 unspecified atom stereocenters. The van der Waals surface area contributed by atoms with Crippen LogP contribution in [-0.2, 0) is 4.79 Å². The summed E-state index contributed by atoms with van der Waals surface area (Å²) in [6, 6.07) is 12.5. The average molecular weight is 507 g/mol. The van der Waals surface area contributed by atoms with Gasteiger partial charge in [-0.1, -0.05) is 12.1 Å². The fourth-order valence-electron chi connectivity index (χ4n) is 5.10. The zero-order valence-corrected chi connectivity index (χ0v) is 20.1. The van der Waals surface area contributed by atoms with E-state index in [9.17, 15) is 24.5 Å². The molecule has 5 rings (SSSR count). The maximum atomic E-state index is 13.1. The molecule has 192 valence electrons. The van der Waals surface area contributed by atoms with Gasteiger partial charge < -0.3 is 24.0 Å². The summed E-state index contributed by atoms with van der Waals surface area (Å²) in [7, 11) is 0. The van der Waals surface area contributed by atoms with E-state index in [0.29, 0.717) is 31.7 Å². The Balaban J connectivity index is 1.15. The van der Waals surface area contributed by atoms with Gasteiger partial charge in [0.15, 0.2) is 11.5 Å². The molecule has 2 fully saturated rings. The number of nitrogens with one attached hydrogen (secondary N) is 1. The van der Waals surface area contributed by atoms with Crippen molar-refractivity contribution in [2.75, 3.05) is 32.7 Å². The lowest BCUT2D eigenvalue weighted by atomic mass is 9.78. The Morgan fingerprint density at radius 2 is 1.68 bits per heavy atom. The molecule has 0 atom stereocenters. The van der Waals surface area contributed by atoms with Crippen molar-refractivity contribution in [3.63, 3.8) is 0 Å². The van der Waals surface area contributed by atoms with E-state index in [1.807, 2.05) is 0 Å². The highest BCUT2D eigenvalue weighted by Gasteiger charge is 2.43. The van der Waals surface area contributed by atoms with Crippen LogP contribution in [-0.4, -0.2) is 65.2 Å². The van der Waals surface area contributed by atoms with Crippen LogP contribution in [0, 0.1) is 15.5 Å². The van der Waals surface area contributed by atoms with Crippen molar-refractivity contribution in [1.29, 1.82) is 0 Å². The number of nitrogens with zero attached hydrogens (tertiary/aromatic N) is 3. The molecule has 3 amide bonds. The minimum Gasteiger partial charge on any atom is -0.459 e. The number of nitro groups is 1. The van der Waals surface area contributed by atoms with Gasteiger partial charge in [0.25, 0.3) is 17.5 Å². The maximum absolute atomic E-state index is 13.1. The number of amides is 3. The average Bonchev–Trinajstić information content (AvgIpc) is 3.69. The topological polar surface area (TPSA) is 139 Å². The SMILES string of the molecule is O=C(NCC(=O)N1CCC2(CC1)CCN(C(=O)c1ccc(-c3ccccc3[N+](=O)[O-])o1)C2)c1ccco1. The summed E-state index contributed by atoms with van der Waals surface area (Å²) in [4.78, 5) is 52.1. The number of hydrogen-bond donors (Lipinski definition) is 1. The van der Waals surface area contributed by atoms with Crippen LogP contribution in [0.25, 0.3) is 11.3 Å². The molecule has 2 aliphatic heterocycles. The van der Waals surface area contributed by atoms with Gasteiger partial charge in [0.05, 0.1) is 23.3 Å². The van der Waals surface area contributed by atoms with Crippen LogP contribution in [0.1, 0.15) is 40.4 Å². The number of rotatable bonds is 6. The van der Waals surface area contributed by atoms with Gasteiger partial charge in [0, 0.05) is 32.2 Å². The predicted molar refractivity (Wildman–Crippen MR) is 131 cm³/mol. The van der Waals surface area contributed by atoms with Crippen molar-refractivity contribution in [3.8, 4) is 11.3 Å². The van der Waals surface area contributed by atoms with Crippen molar-refractivity contribution in [1.82, 2.24) is 15.1 Å². The zero-order chi connectivity index (χ0) is 26.0. The Kier molecular flexibility index (Phi) is 6.51. The smallest absolute Gasteiger partial charge is 0.289 e. The normalized spacial score (nSPS) is 16.6. The quantitative estimate of drug-likeness (QED) is 0.400. The van der Waals surface area contributed by atoms with Gasteiger partial charge in [-0.15, -0.1) is 0 Å². The van der Waals surface area contributed by atoms with E-state index in [0.717, 1.165) is 19.3 Å². The van der Waals surface area contributed by atoms with Gasteiger partial charge in [-0.25, -0.2) is 0 Å². The summed E-state index contributed by atoms with van der Waals surface area (Å²) in [6.45, 7) is 2.15. The summed E-state index contributed by atoms with van der Waals surface area (Å²) < 4.78 is 10.8. The number of benzene rings is 1. The van der Waals surface area contributed by atoms with E-state index >= 15 is 0 Å². The fourth-order valence-corrected chi connectivity index (χ4v) is 5.10. The minimum atomic E-state index is -0.478. The van der Waals surface area contributed by atoms with E-state index in [1.54, 1.807) is 46.2 Å². The third-order valence-electron chi connectivity index (χ3n) is 7.23. The van der Waals surface area contributed by atoms with Crippen molar-refractivity contribution >= 4 is 23.4 Å². The Morgan fingerprint density at radius 3 is 2.38 bits per heavy atom. The number of hydrogen-bond acceptors (Lipinski definition) is 7. The minimum absolute atomic E-state index is 0.0719. The van der Waals surface area contributed by atoms with Crippen molar-refractivity contribution < 1.29 is 28.1 Å². The lowest BCUT2D eigenvalue weighted by Gasteiger charge is -2.39. The summed E-state index contributed by atoms with van der Waals surface area (Å²) in [5.41, 5.74) is 0.164. The van der Waals surface area contributed by atoms with Crippen molar-refractivity contribution in [2.45, 2.75) is 19.3 Å². The Hall–Kier alpha value is -4.41. The highest BCUT2D eigenvalue weighted by atomic mass is 16.6. The molecule has 11 nitrogen and oxygen atoms in total. The van der Waals surface area contributed by atoms with Gasteiger partial charge in [-0.3, -0.25) is 24.5 Å². The summed E-state index contributed by atoms with van der Waals surface area (Å²) in [5.74, 6) is -0.258. The molecule has 2 saturated heterocycles. The summed E-state index contributed by atoms with van der Waals surface area (Å²) in [5, 5.41) is 13.9. The van der Waals surface area contributed by atoms with Crippen LogP contribution in [0.4, 0.5) is 5.69 Å². The van der Waals surface area contributed by atoms with Gasteiger partial charge in [0.1, 0.15) is 5.76 Å². The molecule has 0 radical (unpaired) electrons. The molecule has 1 aromatic carbocycles. The van der Waals surface area contributed by atoms with E-state index in [4.69, 9.17) is 8.83 Å². The van der Waals surface area contributed by atoms with Crippen LogP contribution in [0.2, 0.25) is 0 Å². The maximum Gasteiger partial charge on any atom is 0.289 e. The van der Waals surface area contributed by atoms with E-state index in [1.165, 1.54) is 18.4 Å². The summed E-state index contributed by atoms with van der Waals surface area (Å²) in [6.07, 6.45) is 3.74. The molecule has 2 aromatic heterocycles. The molecule has 4 heterocycles. The first-order chi connectivity index (χ1) is 17.8. The molecular weight excluding hydrogens is 480 g/mol. The van der Waals surface area contributed by atoms with Gasteiger partial charge in [-0.2, -0.15) is 0 Å². The van der Waals surface area contributed by atoms with E-state index in [2.05, 4.69) is 5.32 Å². The second-order valence-corrected chi connectivity index (χ2v) is 9.46. The Bertz CT molecular complexity index is 1320. The number of carbonyl (C=O) groups is 3. The molecule has 0 bridgehead atoms. The van der Waals surface area contributed by atoms with Gasteiger partial charge >= 0.3 is 0 Å². The molecule has 0 aliphatic carbocycles. The number of furan rings is 2. The zero-order valence-electron chi connectivity index (χ0n) is 20.1. The lowest BCUT2D eigenvalue weighted by Crippen LogP contribution is -2.47. The first-order valence-electron chi connectivity index (χ1n) is 12.1. The molecule has 1 N–H and O–H groups in total. The number of piperidine rings is 1. The molecule has 11 heteroatoms. The molecule has 3 aromatic rings. The van der Waals surface area contributed by atoms with Crippen LogP contribution >= 0.6 is 0 Å². The standard InChI is InChI=1S/C26H26N4O7/c31-23(16-27-24(32)21-6-3-15-36-21)28-12-9-26(10-13-28)11-14-29(17-26)25(33)22-8-7-20(37-22)18-4-1-2-5-19(18)30(34)35/h1-8,15H,9-14,16-17H2,(H,27,32). The second kappa shape index (κ2) is 9.92. The number of nitro benzene ring substituents is 1. The second-order valence-electron chi connectivity index (χ2n) is 9.46. The first kappa shape index (κ1) is 24.3. The Morgan fingerprint density at radius 1 is 0.946 bits per heavy atom. The van der Waals surface area contributed by atoms with E-state index < -0.39 is 10.8 Å². The molecule has 0 saturated carbocycles. The third kappa shape index (κ3) is 4.97. The van der Waals surface area contributed by atoms with Crippen molar-refractivity contribution in [2.24, 2.45) is 5.41 Å². The largest absolute Gasteiger partial charge is 0.459 e. The lowest BCUT2D eigenvalue weighted by molar-refractivity contribution is -0.384. The molecule has 2 aliphatic rings. The van der Waals surface area contributed by atoms with E-state index in [-0.39, 0.29) is 46.7 Å². The number of carbonyl (C=O) groups excluding carboxylic acids is 3. The number of likely N-dealkylation sites (tertiary alicyclic amines) is 2. The molecule has 1 spiro atoms. The van der Waals surface area contributed by atoms with Crippen LogP contribution < -0.4 is 5.32 Å². The van der Waals surface area contributed by atoms with Crippen molar-refractivity contribution in [3.05, 3.63) is 76.4 Å². The van der Waals surface area contributed by atoms with Gasteiger partial charge in [-0.05, 0) is 55.0 Å². The first-order valence-corrected chi connectivity index (χ1v) is 12.1. The molecular formula is C26H26N4O7. The number of para-hydroxylation sites is 1. The fraction of sp³-hybridized carbons (Fsp3) is 0.346. The van der Waals surface area contributed by atoms with Gasteiger partial charge in [0.2, 0.25) is 5.91 Å². The third-order valence-corrected chi connectivity index (χ3v) is 7.23. The molecule has 37 heavy (non-hydrogen) atoms. The van der Waals surface area contributed by atoms with Crippen LogP contribution in [0.3, 0.4) is 0 Å². The highest BCUT2D eigenvalue weighted by Crippen LogP contribution is 2.41. The summed E-state index contributed by atoms with van der Waals surface area (Å²) >= 11 is 0. The van der Waals surface area contributed by atoms with Crippen LogP contribution in [0.15, 0.2) is 63.6 Å².